The minimum atomic E-state index is -1.14. The molecule has 0 unspecified atom stereocenters. The van der Waals surface area contributed by atoms with Gasteiger partial charge in [-0.3, -0.25) is 14.4 Å². The van der Waals surface area contributed by atoms with Crippen LogP contribution in [-0.2, 0) is 23.9 Å². The molecule has 0 radical (unpaired) electrons. The summed E-state index contributed by atoms with van der Waals surface area (Å²) >= 11 is 1.60. The van der Waals surface area contributed by atoms with Crippen LogP contribution in [0.25, 0.3) is 0 Å². The van der Waals surface area contributed by atoms with Crippen LogP contribution in [0.2, 0.25) is 0 Å². The lowest BCUT2D eigenvalue weighted by molar-refractivity contribution is -0.141. The predicted molar refractivity (Wildman–Crippen MR) is 147 cm³/mol. The topological polar surface area (TPSA) is 97.0 Å². The molecule has 38 heavy (non-hydrogen) atoms. The molecule has 2 bridgehead atoms. The summed E-state index contributed by atoms with van der Waals surface area (Å²) in [5.74, 6) is -2.07. The van der Waals surface area contributed by atoms with Gasteiger partial charge in [0.25, 0.3) is 0 Å². The molecular formula is C29H39N3O5S. The first-order valence-electron chi connectivity index (χ1n) is 13.9. The van der Waals surface area contributed by atoms with Crippen LogP contribution in [0, 0.1) is 11.8 Å². The summed E-state index contributed by atoms with van der Waals surface area (Å²) in [5.41, 5.74) is -0.454. The molecule has 5 rings (SSSR count). The predicted octanol–water partition coefficient (Wildman–Crippen LogP) is 3.76. The number of nitrogens with zero attached hydrogens (tertiary/aromatic N) is 1. The molecule has 1 aromatic rings. The van der Waals surface area contributed by atoms with Gasteiger partial charge in [0, 0.05) is 29.8 Å². The van der Waals surface area contributed by atoms with E-state index in [1.807, 2.05) is 56.5 Å². The molecule has 1 aliphatic carbocycles. The fourth-order valence-electron chi connectivity index (χ4n) is 6.52. The van der Waals surface area contributed by atoms with Crippen LogP contribution in [0.3, 0.4) is 0 Å². The molecule has 206 valence electrons. The fourth-order valence-corrected chi connectivity index (χ4v) is 6.97. The van der Waals surface area contributed by atoms with Gasteiger partial charge in [-0.15, -0.1) is 11.8 Å². The van der Waals surface area contributed by atoms with E-state index in [9.17, 15) is 14.4 Å². The number of benzene rings is 1. The Kier molecular flexibility index (Phi) is 8.16. The maximum Gasteiger partial charge on any atom is 0.246 e. The van der Waals surface area contributed by atoms with Gasteiger partial charge in [0.05, 0.1) is 24.0 Å². The number of nitrogens with one attached hydrogen (secondary N) is 2. The molecule has 0 aromatic heterocycles. The zero-order chi connectivity index (χ0) is 26.9. The number of amides is 3. The number of thioether (sulfide) groups is 1. The average Bonchev–Trinajstić information content (AvgIpc) is 3.54. The van der Waals surface area contributed by atoms with Crippen molar-refractivity contribution in [3.63, 3.8) is 0 Å². The fraction of sp³-hybridized carbons (Fsp3) is 0.621. The molecule has 3 heterocycles. The lowest BCUT2D eigenvalue weighted by atomic mass is 9.74. The standard InChI is InChI=1S/C29H39N3O5S/c1-18(2)36-16-8-15-32-25(27(34)30-19-9-5-4-6-10-19)29-14-13-22(37-29)23(24(29)28(32)35)26(33)31-20-11-7-12-21(17-20)38-3/h7,11-14,17-19,22-25H,4-6,8-10,15-16H2,1-3H3,(H,30,34)(H,31,33)/t22-,23+,24-,25+,29-/m0/s1. The second-order valence-electron chi connectivity index (χ2n) is 11.1. The molecule has 4 aliphatic rings. The zero-order valence-corrected chi connectivity index (χ0v) is 23.3. The van der Waals surface area contributed by atoms with Gasteiger partial charge in [0.15, 0.2) is 0 Å². The molecule has 1 saturated carbocycles. The Hall–Kier alpha value is -2.36. The summed E-state index contributed by atoms with van der Waals surface area (Å²) in [5, 5.41) is 6.23. The maximum atomic E-state index is 14.0. The summed E-state index contributed by atoms with van der Waals surface area (Å²) in [6.45, 7) is 4.81. The second-order valence-corrected chi connectivity index (χ2v) is 12.0. The number of rotatable bonds is 10. The summed E-state index contributed by atoms with van der Waals surface area (Å²) in [7, 11) is 0. The van der Waals surface area contributed by atoms with Crippen LogP contribution in [0.15, 0.2) is 41.3 Å². The third-order valence-corrected chi connectivity index (χ3v) is 8.93. The number of carbonyl (C=O) groups excluding carboxylic acids is 3. The normalized spacial score (nSPS) is 30.2. The zero-order valence-electron chi connectivity index (χ0n) is 22.5. The van der Waals surface area contributed by atoms with Crippen molar-refractivity contribution in [1.82, 2.24) is 10.2 Å². The average molecular weight is 542 g/mol. The highest BCUT2D eigenvalue weighted by molar-refractivity contribution is 7.98. The maximum absolute atomic E-state index is 14.0. The lowest BCUT2D eigenvalue weighted by Crippen LogP contribution is -2.56. The van der Waals surface area contributed by atoms with Crippen molar-refractivity contribution in [3.8, 4) is 0 Å². The van der Waals surface area contributed by atoms with Gasteiger partial charge in [-0.1, -0.05) is 37.5 Å². The number of hydrogen-bond donors (Lipinski definition) is 2. The van der Waals surface area contributed by atoms with Gasteiger partial charge in [0.2, 0.25) is 17.7 Å². The largest absolute Gasteiger partial charge is 0.379 e. The summed E-state index contributed by atoms with van der Waals surface area (Å²) < 4.78 is 12.1. The highest BCUT2D eigenvalue weighted by Gasteiger charge is 2.72. The van der Waals surface area contributed by atoms with Gasteiger partial charge in [-0.2, -0.15) is 0 Å². The first-order valence-corrected chi connectivity index (χ1v) is 15.1. The van der Waals surface area contributed by atoms with Gasteiger partial charge >= 0.3 is 0 Å². The SMILES string of the molecule is CSc1cccc(NC(=O)[C@@H]2[C@@H]3C=C[C@]4(O3)[C@@H]2C(=O)N(CCCOC(C)C)[C@@H]4C(=O)NC2CCCCC2)c1. The highest BCUT2D eigenvalue weighted by atomic mass is 32.2. The molecule has 2 saturated heterocycles. The van der Waals surface area contributed by atoms with E-state index in [2.05, 4.69) is 10.6 Å². The van der Waals surface area contributed by atoms with Crippen molar-refractivity contribution in [3.05, 3.63) is 36.4 Å². The Balaban J connectivity index is 1.39. The molecule has 3 aliphatic heterocycles. The first-order chi connectivity index (χ1) is 18.3. The van der Waals surface area contributed by atoms with E-state index < -0.39 is 29.6 Å². The summed E-state index contributed by atoms with van der Waals surface area (Å²) in [4.78, 5) is 44.1. The van der Waals surface area contributed by atoms with Crippen LogP contribution < -0.4 is 10.6 Å². The smallest absolute Gasteiger partial charge is 0.246 e. The van der Waals surface area contributed by atoms with E-state index in [-0.39, 0.29) is 29.9 Å². The summed E-state index contributed by atoms with van der Waals surface area (Å²) in [6, 6.07) is 6.94. The summed E-state index contributed by atoms with van der Waals surface area (Å²) in [6.07, 6.45) is 11.1. The van der Waals surface area contributed by atoms with Crippen LogP contribution in [-0.4, -0.2) is 71.9 Å². The van der Waals surface area contributed by atoms with Crippen molar-refractivity contribution in [2.45, 2.75) is 87.2 Å². The Morgan fingerprint density at radius 3 is 2.74 bits per heavy atom. The molecule has 9 heteroatoms. The van der Waals surface area contributed by atoms with E-state index in [4.69, 9.17) is 9.47 Å². The third-order valence-electron chi connectivity index (χ3n) is 8.21. The molecule has 5 atom stereocenters. The van der Waals surface area contributed by atoms with Crippen LogP contribution in [0.4, 0.5) is 5.69 Å². The molecule has 3 fully saturated rings. The Morgan fingerprint density at radius 2 is 2.00 bits per heavy atom. The second kappa shape index (κ2) is 11.4. The van der Waals surface area contributed by atoms with Crippen molar-refractivity contribution in [2.75, 3.05) is 24.7 Å². The van der Waals surface area contributed by atoms with Gasteiger partial charge in [-0.05, 0) is 57.6 Å². The molecule has 2 N–H and O–H groups in total. The number of likely N-dealkylation sites (tertiary alicyclic amines) is 1. The molecular weight excluding hydrogens is 502 g/mol. The van der Waals surface area contributed by atoms with Crippen LogP contribution in [0.5, 0.6) is 0 Å². The highest BCUT2D eigenvalue weighted by Crippen LogP contribution is 2.55. The van der Waals surface area contributed by atoms with E-state index in [1.165, 1.54) is 6.42 Å². The van der Waals surface area contributed by atoms with E-state index in [0.29, 0.717) is 25.3 Å². The first kappa shape index (κ1) is 27.2. The van der Waals surface area contributed by atoms with Crippen LogP contribution in [0.1, 0.15) is 52.4 Å². The Bertz CT molecular complexity index is 1090. The van der Waals surface area contributed by atoms with E-state index in [0.717, 1.165) is 30.6 Å². The Labute approximate surface area is 229 Å². The quantitative estimate of drug-likeness (QED) is 0.266. The number of carbonyl (C=O) groups is 3. The van der Waals surface area contributed by atoms with Crippen molar-refractivity contribution in [2.24, 2.45) is 11.8 Å². The Morgan fingerprint density at radius 1 is 1.21 bits per heavy atom. The van der Waals surface area contributed by atoms with Crippen LogP contribution >= 0.6 is 11.8 Å². The van der Waals surface area contributed by atoms with E-state index >= 15 is 0 Å². The van der Waals surface area contributed by atoms with Crippen molar-refractivity contribution < 1.29 is 23.9 Å². The van der Waals surface area contributed by atoms with Gasteiger partial charge in [-0.25, -0.2) is 0 Å². The molecule has 1 aromatic carbocycles. The monoisotopic (exact) mass is 541 g/mol. The molecule has 8 nitrogen and oxygen atoms in total. The minimum absolute atomic E-state index is 0.0900. The number of ether oxygens (including phenoxy) is 2. The molecule has 1 spiro atoms. The number of anilines is 1. The number of hydrogen-bond acceptors (Lipinski definition) is 6. The lowest BCUT2D eigenvalue weighted by Gasteiger charge is -2.34. The van der Waals surface area contributed by atoms with Crippen molar-refractivity contribution in [1.29, 1.82) is 0 Å². The third kappa shape index (κ3) is 5.12. The van der Waals surface area contributed by atoms with Gasteiger partial charge < -0.3 is 25.0 Å². The number of fused-ring (bicyclic) bond motifs is 1. The minimum Gasteiger partial charge on any atom is -0.379 e. The van der Waals surface area contributed by atoms with E-state index in [1.54, 1.807) is 16.7 Å². The molecule has 3 amide bonds. The van der Waals surface area contributed by atoms with Crippen molar-refractivity contribution >= 4 is 35.2 Å². The van der Waals surface area contributed by atoms with Gasteiger partial charge in [0.1, 0.15) is 11.6 Å².